The zero-order valence-corrected chi connectivity index (χ0v) is 10.7. The Labute approximate surface area is 91.2 Å². The molecule has 2 nitrogen and oxygen atoms in total. The normalized spacial score (nSPS) is 13.9. The van der Waals surface area contributed by atoms with E-state index in [0.717, 1.165) is 6.92 Å². The van der Waals surface area contributed by atoms with Crippen molar-refractivity contribution in [3.63, 3.8) is 0 Å². The largest absolute Gasteiger partial charge is 0.295 e. The van der Waals surface area contributed by atoms with Gasteiger partial charge < -0.3 is 0 Å². The second kappa shape index (κ2) is 3.69. The molecule has 0 N–H and O–H groups in total. The molecule has 0 aromatic rings. The van der Waals surface area contributed by atoms with Gasteiger partial charge in [0, 0.05) is 10.8 Å². The van der Waals surface area contributed by atoms with Crippen molar-refractivity contribution in [2.24, 2.45) is 10.8 Å². The Hall–Kier alpha value is -0.730. The topological polar surface area (TPSA) is 34.1 Å². The van der Waals surface area contributed by atoms with Crippen LogP contribution in [0.15, 0.2) is 0 Å². The lowest BCUT2D eigenvalue weighted by atomic mass is 9.74. The van der Waals surface area contributed by atoms with Crippen LogP contribution in [0.25, 0.3) is 0 Å². The summed E-state index contributed by atoms with van der Waals surface area (Å²) in [5, 5.41) is 0. The number of ketones is 2. The SMILES string of the molecule is CC(C)(C)C(=O)C(C)(F)C(=O)C(C)(C)C. The standard InChI is InChI=1S/C12H21FO2/c1-10(2,3)8(14)12(7,13)9(15)11(4,5)6/h1-7H3. The minimum absolute atomic E-state index is 0.657. The molecular weight excluding hydrogens is 195 g/mol. The van der Waals surface area contributed by atoms with E-state index in [9.17, 15) is 14.0 Å². The molecule has 0 aromatic heterocycles. The number of carbonyl (C=O) groups excluding carboxylic acids is 2. The highest BCUT2D eigenvalue weighted by molar-refractivity contribution is 6.13. The lowest BCUT2D eigenvalue weighted by Crippen LogP contribution is -2.50. The number of carbonyl (C=O) groups is 2. The van der Waals surface area contributed by atoms with E-state index in [1.807, 2.05) is 0 Å². The van der Waals surface area contributed by atoms with Crippen LogP contribution in [0.2, 0.25) is 0 Å². The fourth-order valence-electron chi connectivity index (χ4n) is 1.51. The van der Waals surface area contributed by atoms with E-state index in [4.69, 9.17) is 0 Å². The van der Waals surface area contributed by atoms with E-state index < -0.39 is 28.1 Å². The van der Waals surface area contributed by atoms with Gasteiger partial charge in [-0.25, -0.2) is 4.39 Å². The number of hydrogen-bond donors (Lipinski definition) is 0. The van der Waals surface area contributed by atoms with Crippen molar-refractivity contribution in [3.8, 4) is 0 Å². The number of halogens is 1. The van der Waals surface area contributed by atoms with E-state index in [2.05, 4.69) is 0 Å². The van der Waals surface area contributed by atoms with Gasteiger partial charge >= 0.3 is 0 Å². The van der Waals surface area contributed by atoms with Gasteiger partial charge in [-0.05, 0) is 6.92 Å². The molecule has 0 aliphatic carbocycles. The highest BCUT2D eigenvalue weighted by atomic mass is 19.1. The van der Waals surface area contributed by atoms with Crippen molar-refractivity contribution < 1.29 is 14.0 Å². The maximum atomic E-state index is 14.2. The van der Waals surface area contributed by atoms with Gasteiger partial charge in [0.1, 0.15) is 0 Å². The second-order valence-corrected chi connectivity index (χ2v) is 6.16. The zero-order chi connectivity index (χ0) is 12.7. The summed E-state index contributed by atoms with van der Waals surface area (Å²) < 4.78 is 14.2. The van der Waals surface area contributed by atoms with Gasteiger partial charge in [-0.15, -0.1) is 0 Å². The Morgan fingerprint density at radius 1 is 0.733 bits per heavy atom. The van der Waals surface area contributed by atoms with Crippen molar-refractivity contribution >= 4 is 11.6 Å². The molecule has 0 unspecified atom stereocenters. The van der Waals surface area contributed by atoms with Crippen molar-refractivity contribution in [1.29, 1.82) is 0 Å². The number of alkyl halides is 1. The number of hydrogen-bond acceptors (Lipinski definition) is 2. The van der Waals surface area contributed by atoms with Gasteiger partial charge in [0.05, 0.1) is 0 Å². The van der Waals surface area contributed by atoms with Crippen LogP contribution in [0, 0.1) is 10.8 Å². The van der Waals surface area contributed by atoms with E-state index in [0.29, 0.717) is 0 Å². The molecular formula is C12H21FO2. The Kier molecular flexibility index (Phi) is 3.51. The highest BCUT2D eigenvalue weighted by Gasteiger charge is 2.49. The van der Waals surface area contributed by atoms with Crippen LogP contribution in [-0.2, 0) is 9.59 Å². The lowest BCUT2D eigenvalue weighted by molar-refractivity contribution is -0.151. The molecule has 0 aliphatic rings. The van der Waals surface area contributed by atoms with E-state index in [1.165, 1.54) is 0 Å². The van der Waals surface area contributed by atoms with E-state index in [1.54, 1.807) is 41.5 Å². The Bertz CT molecular complexity index is 249. The van der Waals surface area contributed by atoms with Crippen molar-refractivity contribution in [3.05, 3.63) is 0 Å². The van der Waals surface area contributed by atoms with Crippen LogP contribution in [0.5, 0.6) is 0 Å². The van der Waals surface area contributed by atoms with E-state index in [-0.39, 0.29) is 0 Å². The smallest absolute Gasteiger partial charge is 0.224 e. The predicted octanol–water partition coefficient (Wildman–Crippen LogP) is 2.95. The molecule has 0 aliphatic heterocycles. The molecule has 0 atom stereocenters. The minimum atomic E-state index is -2.39. The first-order valence-electron chi connectivity index (χ1n) is 5.10. The first kappa shape index (κ1) is 14.3. The summed E-state index contributed by atoms with van der Waals surface area (Å²) >= 11 is 0. The summed E-state index contributed by atoms with van der Waals surface area (Å²) in [7, 11) is 0. The number of rotatable bonds is 2. The third kappa shape index (κ3) is 3.11. The van der Waals surface area contributed by atoms with Crippen LogP contribution in [0.1, 0.15) is 48.5 Å². The molecule has 0 saturated heterocycles. The van der Waals surface area contributed by atoms with E-state index >= 15 is 0 Å². The third-order valence-corrected chi connectivity index (χ3v) is 2.22. The van der Waals surface area contributed by atoms with Crippen LogP contribution in [-0.4, -0.2) is 17.2 Å². The maximum Gasteiger partial charge on any atom is 0.224 e. The molecule has 0 amide bonds. The first-order chi connectivity index (χ1) is 6.31. The average molecular weight is 216 g/mol. The van der Waals surface area contributed by atoms with Gasteiger partial charge in [-0.2, -0.15) is 0 Å². The predicted molar refractivity (Wildman–Crippen MR) is 58.4 cm³/mol. The molecule has 15 heavy (non-hydrogen) atoms. The van der Waals surface area contributed by atoms with Gasteiger partial charge in [-0.3, -0.25) is 9.59 Å². The van der Waals surface area contributed by atoms with Gasteiger partial charge in [0.25, 0.3) is 0 Å². The molecule has 0 rings (SSSR count). The molecule has 0 saturated carbocycles. The van der Waals surface area contributed by atoms with Crippen LogP contribution < -0.4 is 0 Å². The monoisotopic (exact) mass is 216 g/mol. The quantitative estimate of drug-likeness (QED) is 0.665. The lowest BCUT2D eigenvalue weighted by Gasteiger charge is -2.30. The summed E-state index contributed by atoms with van der Waals surface area (Å²) in [6.45, 7) is 10.7. The summed E-state index contributed by atoms with van der Waals surface area (Å²) in [6, 6.07) is 0. The van der Waals surface area contributed by atoms with Gasteiger partial charge in [0.2, 0.25) is 5.67 Å². The minimum Gasteiger partial charge on any atom is -0.295 e. The summed E-state index contributed by atoms with van der Waals surface area (Å²) in [4.78, 5) is 23.6. The second-order valence-electron chi connectivity index (χ2n) is 6.16. The maximum absolute atomic E-state index is 14.2. The number of Topliss-reactive ketones (excluding diaryl/α,β-unsaturated/α-hetero) is 2. The fraction of sp³-hybridized carbons (Fsp3) is 0.833. The van der Waals surface area contributed by atoms with Crippen molar-refractivity contribution in [2.75, 3.05) is 0 Å². The van der Waals surface area contributed by atoms with Crippen molar-refractivity contribution in [2.45, 2.75) is 54.1 Å². The molecule has 0 bridgehead atoms. The fourth-order valence-corrected chi connectivity index (χ4v) is 1.51. The molecule has 0 fully saturated rings. The van der Waals surface area contributed by atoms with Crippen LogP contribution >= 0.6 is 0 Å². The molecule has 88 valence electrons. The van der Waals surface area contributed by atoms with Gasteiger partial charge in [-0.1, -0.05) is 41.5 Å². The third-order valence-electron chi connectivity index (χ3n) is 2.22. The van der Waals surface area contributed by atoms with Crippen LogP contribution in [0.3, 0.4) is 0 Å². The first-order valence-corrected chi connectivity index (χ1v) is 5.10. The Balaban J connectivity index is 5.18. The summed E-state index contributed by atoms with van der Waals surface area (Å²) in [6.07, 6.45) is 0. The average Bonchev–Trinajstić information content (AvgIpc) is 1.98. The summed E-state index contributed by atoms with van der Waals surface area (Å²) in [5.41, 5.74) is -4.08. The van der Waals surface area contributed by atoms with Gasteiger partial charge in [0.15, 0.2) is 11.6 Å². The molecule has 0 aromatic carbocycles. The Morgan fingerprint density at radius 3 is 1.07 bits per heavy atom. The molecule has 0 heterocycles. The Morgan fingerprint density at radius 2 is 0.933 bits per heavy atom. The zero-order valence-electron chi connectivity index (χ0n) is 10.7. The van der Waals surface area contributed by atoms with Crippen LogP contribution in [0.4, 0.5) is 4.39 Å². The molecule has 0 radical (unpaired) electrons. The molecule has 0 spiro atoms. The van der Waals surface area contributed by atoms with Crippen molar-refractivity contribution in [1.82, 2.24) is 0 Å². The summed E-state index contributed by atoms with van der Waals surface area (Å²) in [5.74, 6) is -1.31. The molecule has 3 heteroatoms. The highest BCUT2D eigenvalue weighted by Crippen LogP contribution is 2.32.